The number of hydrogen-bond donors (Lipinski definition) is 2. The SMILES string of the molecule is O=C(O)c1ccccc1SCCCCNCCc1nc2ccccc2s1. The molecular formula is C20H22N2O2S2. The Morgan fingerprint density at radius 2 is 1.88 bits per heavy atom. The Kier molecular flexibility index (Phi) is 7.05. The predicted molar refractivity (Wildman–Crippen MR) is 110 cm³/mol. The lowest BCUT2D eigenvalue weighted by Gasteiger charge is -2.06. The van der Waals surface area contributed by atoms with E-state index in [0.717, 1.165) is 48.5 Å². The van der Waals surface area contributed by atoms with Crippen LogP contribution in [0.4, 0.5) is 0 Å². The molecule has 3 rings (SSSR count). The number of thioether (sulfide) groups is 1. The maximum absolute atomic E-state index is 11.2. The van der Waals surface area contributed by atoms with Crippen LogP contribution in [0.1, 0.15) is 28.2 Å². The van der Waals surface area contributed by atoms with Crippen LogP contribution >= 0.6 is 23.1 Å². The molecule has 0 fully saturated rings. The van der Waals surface area contributed by atoms with Crippen molar-refractivity contribution in [2.24, 2.45) is 0 Å². The van der Waals surface area contributed by atoms with Crippen molar-refractivity contribution >= 4 is 39.3 Å². The number of fused-ring (bicyclic) bond motifs is 1. The summed E-state index contributed by atoms with van der Waals surface area (Å²) in [4.78, 5) is 16.7. The molecule has 0 atom stereocenters. The number of rotatable bonds is 10. The number of nitrogens with zero attached hydrogens (tertiary/aromatic N) is 1. The van der Waals surface area contributed by atoms with Gasteiger partial charge in [0.1, 0.15) is 0 Å². The molecule has 6 heteroatoms. The van der Waals surface area contributed by atoms with E-state index in [4.69, 9.17) is 0 Å². The van der Waals surface area contributed by atoms with Gasteiger partial charge in [-0.15, -0.1) is 23.1 Å². The van der Waals surface area contributed by atoms with Gasteiger partial charge in [-0.2, -0.15) is 0 Å². The summed E-state index contributed by atoms with van der Waals surface area (Å²) in [6.07, 6.45) is 3.11. The van der Waals surface area contributed by atoms with E-state index in [1.54, 1.807) is 35.2 Å². The first-order valence-electron chi connectivity index (χ1n) is 8.74. The molecule has 2 N–H and O–H groups in total. The third-order valence-corrected chi connectivity index (χ3v) is 6.23. The van der Waals surface area contributed by atoms with Crippen LogP contribution in [-0.4, -0.2) is 34.9 Å². The number of nitrogens with one attached hydrogen (secondary N) is 1. The second kappa shape index (κ2) is 9.71. The van der Waals surface area contributed by atoms with Crippen molar-refractivity contribution in [2.75, 3.05) is 18.8 Å². The van der Waals surface area contributed by atoms with Gasteiger partial charge < -0.3 is 10.4 Å². The summed E-state index contributed by atoms with van der Waals surface area (Å²) in [5.41, 5.74) is 1.48. The minimum atomic E-state index is -0.857. The Labute approximate surface area is 161 Å². The molecule has 0 spiro atoms. The van der Waals surface area contributed by atoms with E-state index >= 15 is 0 Å². The highest BCUT2D eigenvalue weighted by Crippen LogP contribution is 2.24. The van der Waals surface area contributed by atoms with Gasteiger partial charge >= 0.3 is 5.97 Å². The summed E-state index contributed by atoms with van der Waals surface area (Å²) < 4.78 is 1.25. The maximum Gasteiger partial charge on any atom is 0.336 e. The smallest absolute Gasteiger partial charge is 0.336 e. The molecule has 0 saturated heterocycles. The zero-order valence-electron chi connectivity index (χ0n) is 14.5. The third kappa shape index (κ3) is 5.30. The van der Waals surface area contributed by atoms with Crippen molar-refractivity contribution in [1.29, 1.82) is 0 Å². The molecule has 2 aromatic carbocycles. The number of unbranched alkanes of at least 4 members (excludes halogenated alkanes) is 1. The number of carboxylic acids is 1. The van der Waals surface area contributed by atoms with Gasteiger partial charge in [-0.3, -0.25) is 0 Å². The average molecular weight is 387 g/mol. The van der Waals surface area contributed by atoms with Gasteiger partial charge in [0.2, 0.25) is 0 Å². The lowest BCUT2D eigenvalue weighted by Crippen LogP contribution is -2.18. The number of benzene rings is 2. The van der Waals surface area contributed by atoms with E-state index in [1.165, 1.54) is 9.71 Å². The first-order valence-corrected chi connectivity index (χ1v) is 10.5. The molecule has 0 aliphatic rings. The lowest BCUT2D eigenvalue weighted by atomic mass is 10.2. The molecule has 4 nitrogen and oxygen atoms in total. The molecule has 3 aromatic rings. The van der Waals surface area contributed by atoms with Gasteiger partial charge in [0.25, 0.3) is 0 Å². The molecule has 136 valence electrons. The van der Waals surface area contributed by atoms with E-state index in [9.17, 15) is 9.90 Å². The molecule has 0 aliphatic carbocycles. The monoisotopic (exact) mass is 386 g/mol. The molecule has 1 heterocycles. The minimum Gasteiger partial charge on any atom is -0.478 e. The number of para-hydroxylation sites is 1. The largest absolute Gasteiger partial charge is 0.478 e. The van der Waals surface area contributed by atoms with Gasteiger partial charge in [0, 0.05) is 17.9 Å². The Balaban J connectivity index is 1.30. The van der Waals surface area contributed by atoms with Gasteiger partial charge in [-0.25, -0.2) is 9.78 Å². The van der Waals surface area contributed by atoms with Crippen LogP contribution in [0, 0.1) is 0 Å². The highest BCUT2D eigenvalue weighted by molar-refractivity contribution is 7.99. The summed E-state index contributed by atoms with van der Waals surface area (Å²) in [5.74, 6) is 0.0775. The van der Waals surface area contributed by atoms with Crippen LogP contribution in [0.25, 0.3) is 10.2 Å². The molecule has 0 radical (unpaired) electrons. The van der Waals surface area contributed by atoms with E-state index in [0.29, 0.717) is 5.56 Å². The minimum absolute atomic E-state index is 0.395. The average Bonchev–Trinajstić information content (AvgIpc) is 3.07. The second-order valence-corrected chi connectivity index (χ2v) is 8.18. The summed E-state index contributed by atoms with van der Waals surface area (Å²) in [7, 11) is 0. The van der Waals surface area contributed by atoms with Crippen molar-refractivity contribution in [3.05, 3.63) is 59.1 Å². The normalized spacial score (nSPS) is 11.1. The van der Waals surface area contributed by atoms with Crippen molar-refractivity contribution in [1.82, 2.24) is 10.3 Å². The van der Waals surface area contributed by atoms with Crippen molar-refractivity contribution in [3.8, 4) is 0 Å². The van der Waals surface area contributed by atoms with Gasteiger partial charge in [0.05, 0.1) is 20.8 Å². The zero-order chi connectivity index (χ0) is 18.2. The first-order chi connectivity index (χ1) is 12.7. The molecule has 0 unspecified atom stereocenters. The number of carboxylic acid groups (broad SMARTS) is 1. The summed E-state index contributed by atoms with van der Waals surface area (Å²) in [6, 6.07) is 15.4. The Morgan fingerprint density at radius 1 is 1.08 bits per heavy atom. The van der Waals surface area contributed by atoms with Crippen molar-refractivity contribution in [3.63, 3.8) is 0 Å². The van der Waals surface area contributed by atoms with E-state index in [-0.39, 0.29) is 0 Å². The van der Waals surface area contributed by atoms with Gasteiger partial charge in [-0.05, 0) is 49.4 Å². The number of carbonyl (C=O) groups is 1. The Hall–Kier alpha value is -1.89. The fourth-order valence-corrected chi connectivity index (χ4v) is 4.67. The quantitative estimate of drug-likeness (QED) is 0.391. The third-order valence-electron chi connectivity index (χ3n) is 3.98. The molecule has 0 saturated carbocycles. The highest BCUT2D eigenvalue weighted by Gasteiger charge is 2.08. The summed E-state index contributed by atoms with van der Waals surface area (Å²) in [6.45, 7) is 1.92. The fourth-order valence-electron chi connectivity index (χ4n) is 2.65. The van der Waals surface area contributed by atoms with E-state index in [2.05, 4.69) is 28.5 Å². The second-order valence-electron chi connectivity index (χ2n) is 5.93. The van der Waals surface area contributed by atoms with E-state index < -0.39 is 5.97 Å². The Morgan fingerprint density at radius 3 is 2.73 bits per heavy atom. The Bertz CT molecular complexity index is 831. The number of aromatic carboxylic acids is 1. The van der Waals surface area contributed by atoms with Crippen LogP contribution in [0.3, 0.4) is 0 Å². The number of aromatic nitrogens is 1. The summed E-state index contributed by atoms with van der Waals surface area (Å²) >= 11 is 3.39. The molecule has 1 aromatic heterocycles. The number of hydrogen-bond acceptors (Lipinski definition) is 5. The fraction of sp³-hybridized carbons (Fsp3) is 0.300. The standard InChI is InChI=1S/C20H22N2O2S2/c23-20(24)15-7-1-3-9-17(15)25-14-6-5-12-21-13-11-19-22-16-8-2-4-10-18(16)26-19/h1-4,7-10,21H,5-6,11-14H2,(H,23,24). The van der Waals surface area contributed by atoms with Crippen molar-refractivity contribution in [2.45, 2.75) is 24.2 Å². The predicted octanol–water partition coefficient (Wildman–Crippen LogP) is 4.70. The van der Waals surface area contributed by atoms with E-state index in [1.807, 2.05) is 18.2 Å². The number of thiazole rings is 1. The van der Waals surface area contributed by atoms with Gasteiger partial charge in [0.15, 0.2) is 0 Å². The maximum atomic E-state index is 11.2. The van der Waals surface area contributed by atoms with Crippen molar-refractivity contribution < 1.29 is 9.90 Å². The van der Waals surface area contributed by atoms with Crippen LogP contribution in [-0.2, 0) is 6.42 Å². The highest BCUT2D eigenvalue weighted by atomic mass is 32.2. The van der Waals surface area contributed by atoms with Crippen LogP contribution in [0.5, 0.6) is 0 Å². The topological polar surface area (TPSA) is 62.2 Å². The summed E-state index contributed by atoms with van der Waals surface area (Å²) in [5, 5.41) is 13.8. The first kappa shape index (κ1) is 18.9. The molecule has 0 bridgehead atoms. The molecule has 0 aliphatic heterocycles. The van der Waals surface area contributed by atoms with Crippen LogP contribution in [0.15, 0.2) is 53.4 Å². The van der Waals surface area contributed by atoms with Gasteiger partial charge in [-0.1, -0.05) is 24.3 Å². The zero-order valence-corrected chi connectivity index (χ0v) is 16.1. The lowest BCUT2D eigenvalue weighted by molar-refractivity contribution is 0.0693. The van der Waals surface area contributed by atoms with Crippen LogP contribution in [0.2, 0.25) is 0 Å². The molecule has 26 heavy (non-hydrogen) atoms. The molecular weight excluding hydrogens is 364 g/mol. The van der Waals surface area contributed by atoms with Crippen LogP contribution < -0.4 is 5.32 Å². The molecule has 0 amide bonds.